The molecule has 0 aliphatic heterocycles. The minimum Gasteiger partial charge on any atom is -0.406 e. The van der Waals surface area contributed by atoms with Crippen molar-refractivity contribution >= 4 is 0 Å². The van der Waals surface area contributed by atoms with Crippen LogP contribution in [0.2, 0.25) is 0 Å². The molecule has 3 rings (SSSR count). The third kappa shape index (κ3) is 7.56. The third-order valence-electron chi connectivity index (χ3n) is 7.05. The zero-order chi connectivity index (χ0) is 21.4. The van der Waals surface area contributed by atoms with Gasteiger partial charge in [-0.2, -0.15) is 0 Å². The van der Waals surface area contributed by atoms with E-state index in [9.17, 15) is 13.2 Å². The molecule has 0 radical (unpaired) electrons. The van der Waals surface area contributed by atoms with Crippen LogP contribution in [-0.2, 0) is 0 Å². The lowest BCUT2D eigenvalue weighted by atomic mass is 9.69. The highest BCUT2D eigenvalue weighted by atomic mass is 19.4. The SMILES string of the molecule is CCCCCC1CCC(C2CCC(C#Cc3ccc(OC(F)(F)F)cc3)CC2)CC1. The van der Waals surface area contributed by atoms with E-state index in [1.807, 2.05) is 0 Å². The molecule has 0 spiro atoms. The predicted molar refractivity (Wildman–Crippen MR) is 115 cm³/mol. The summed E-state index contributed by atoms with van der Waals surface area (Å²) in [5.41, 5.74) is 0.744. The molecule has 0 saturated heterocycles. The molecule has 0 N–H and O–H groups in total. The first-order valence-electron chi connectivity index (χ1n) is 11.8. The van der Waals surface area contributed by atoms with E-state index in [-0.39, 0.29) is 5.75 Å². The summed E-state index contributed by atoms with van der Waals surface area (Å²) in [4.78, 5) is 0. The average molecular weight is 421 g/mol. The van der Waals surface area contributed by atoms with Gasteiger partial charge in [0, 0.05) is 11.5 Å². The summed E-state index contributed by atoms with van der Waals surface area (Å²) >= 11 is 0. The molecule has 0 aromatic heterocycles. The predicted octanol–water partition coefficient (Wildman–Crippen LogP) is 8.13. The quantitative estimate of drug-likeness (QED) is 0.333. The summed E-state index contributed by atoms with van der Waals surface area (Å²) in [6, 6.07) is 5.84. The standard InChI is InChI=1S/C26H35F3O/c1-2-3-4-5-20-8-14-23(15-9-20)24-16-10-21(11-17-24)6-7-22-12-18-25(19-13-22)30-26(27,28)29/h12-13,18-21,23-24H,2-5,8-11,14-17H2,1H3. The molecular formula is C26H35F3O. The first-order chi connectivity index (χ1) is 14.4. The van der Waals surface area contributed by atoms with Crippen molar-refractivity contribution in [3.63, 3.8) is 0 Å². The van der Waals surface area contributed by atoms with Gasteiger partial charge in [0.15, 0.2) is 0 Å². The van der Waals surface area contributed by atoms with Crippen LogP contribution in [0.1, 0.15) is 89.5 Å². The minimum absolute atomic E-state index is 0.200. The largest absolute Gasteiger partial charge is 0.573 e. The van der Waals surface area contributed by atoms with E-state index in [0.717, 1.165) is 36.2 Å². The summed E-state index contributed by atoms with van der Waals surface area (Å²) in [7, 11) is 0. The van der Waals surface area contributed by atoms with Gasteiger partial charge in [-0.1, -0.05) is 57.3 Å². The van der Waals surface area contributed by atoms with Crippen molar-refractivity contribution in [3.05, 3.63) is 29.8 Å². The Morgan fingerprint density at radius 1 is 0.867 bits per heavy atom. The molecule has 0 atom stereocenters. The molecular weight excluding hydrogens is 385 g/mol. The molecule has 2 saturated carbocycles. The zero-order valence-corrected chi connectivity index (χ0v) is 18.1. The second kappa shape index (κ2) is 11.1. The van der Waals surface area contributed by atoms with Gasteiger partial charge in [-0.3, -0.25) is 0 Å². The highest BCUT2D eigenvalue weighted by Crippen LogP contribution is 2.42. The summed E-state index contributed by atoms with van der Waals surface area (Å²) in [6.45, 7) is 2.28. The van der Waals surface area contributed by atoms with Gasteiger partial charge < -0.3 is 4.74 Å². The summed E-state index contributed by atoms with van der Waals surface area (Å²) in [5, 5.41) is 0. The van der Waals surface area contributed by atoms with Crippen molar-refractivity contribution in [1.29, 1.82) is 0 Å². The van der Waals surface area contributed by atoms with Gasteiger partial charge in [0.05, 0.1) is 0 Å². The highest BCUT2D eigenvalue weighted by Gasteiger charge is 2.31. The van der Waals surface area contributed by atoms with E-state index >= 15 is 0 Å². The molecule has 2 fully saturated rings. The van der Waals surface area contributed by atoms with E-state index < -0.39 is 6.36 Å². The third-order valence-corrected chi connectivity index (χ3v) is 7.05. The van der Waals surface area contributed by atoms with Crippen LogP contribution in [0.5, 0.6) is 5.75 Å². The van der Waals surface area contributed by atoms with Gasteiger partial charge in [0.25, 0.3) is 0 Å². The first-order valence-corrected chi connectivity index (χ1v) is 11.8. The topological polar surface area (TPSA) is 9.23 Å². The number of benzene rings is 1. The van der Waals surface area contributed by atoms with Gasteiger partial charge in [-0.25, -0.2) is 0 Å². The van der Waals surface area contributed by atoms with Crippen LogP contribution in [0.25, 0.3) is 0 Å². The molecule has 30 heavy (non-hydrogen) atoms. The number of ether oxygens (including phenoxy) is 1. The Kier molecular flexibility index (Phi) is 8.54. The van der Waals surface area contributed by atoms with Crippen LogP contribution in [0.4, 0.5) is 13.2 Å². The van der Waals surface area contributed by atoms with Crippen molar-refractivity contribution in [3.8, 4) is 17.6 Å². The lowest BCUT2D eigenvalue weighted by molar-refractivity contribution is -0.274. The summed E-state index contributed by atoms with van der Waals surface area (Å²) in [5.74, 6) is 9.48. The maximum Gasteiger partial charge on any atom is 0.573 e. The monoisotopic (exact) mass is 420 g/mol. The van der Waals surface area contributed by atoms with Crippen molar-refractivity contribution in [2.75, 3.05) is 0 Å². The second-order valence-corrected chi connectivity index (χ2v) is 9.23. The Bertz CT molecular complexity index is 682. The molecule has 166 valence electrons. The van der Waals surface area contributed by atoms with Crippen molar-refractivity contribution in [2.24, 2.45) is 23.7 Å². The lowest BCUT2D eigenvalue weighted by Gasteiger charge is -2.37. The Morgan fingerprint density at radius 3 is 2.03 bits per heavy atom. The van der Waals surface area contributed by atoms with E-state index in [1.165, 1.54) is 76.3 Å². The van der Waals surface area contributed by atoms with E-state index in [4.69, 9.17) is 0 Å². The molecule has 2 aliphatic carbocycles. The zero-order valence-electron chi connectivity index (χ0n) is 18.1. The normalized spacial score (nSPS) is 27.2. The summed E-state index contributed by atoms with van der Waals surface area (Å²) < 4.78 is 40.6. The Morgan fingerprint density at radius 2 is 1.47 bits per heavy atom. The van der Waals surface area contributed by atoms with Gasteiger partial charge in [0.2, 0.25) is 0 Å². The smallest absolute Gasteiger partial charge is 0.406 e. The van der Waals surface area contributed by atoms with Gasteiger partial charge in [0.1, 0.15) is 5.75 Å². The van der Waals surface area contributed by atoms with Crippen LogP contribution in [0, 0.1) is 35.5 Å². The molecule has 2 aliphatic rings. The van der Waals surface area contributed by atoms with Crippen LogP contribution >= 0.6 is 0 Å². The summed E-state index contributed by atoms with van der Waals surface area (Å²) in [6.07, 6.45) is 11.5. The molecule has 4 heteroatoms. The van der Waals surface area contributed by atoms with Crippen molar-refractivity contribution in [1.82, 2.24) is 0 Å². The molecule has 1 nitrogen and oxygen atoms in total. The van der Waals surface area contributed by atoms with Gasteiger partial charge in [-0.05, 0) is 80.5 Å². The Labute approximate surface area is 179 Å². The minimum atomic E-state index is -4.65. The molecule has 0 unspecified atom stereocenters. The maximum atomic E-state index is 12.2. The lowest BCUT2D eigenvalue weighted by Crippen LogP contribution is -2.25. The van der Waals surface area contributed by atoms with Crippen LogP contribution in [-0.4, -0.2) is 6.36 Å². The van der Waals surface area contributed by atoms with Crippen molar-refractivity contribution in [2.45, 2.75) is 90.3 Å². The fraction of sp³-hybridized carbons (Fsp3) is 0.692. The number of hydrogen-bond donors (Lipinski definition) is 0. The maximum absolute atomic E-state index is 12.2. The Balaban J connectivity index is 1.39. The van der Waals surface area contributed by atoms with Crippen LogP contribution in [0.15, 0.2) is 24.3 Å². The molecule has 0 amide bonds. The number of rotatable bonds is 6. The van der Waals surface area contributed by atoms with Crippen LogP contribution < -0.4 is 4.74 Å². The van der Waals surface area contributed by atoms with Gasteiger partial charge in [-0.15, -0.1) is 13.2 Å². The molecule has 1 aromatic rings. The van der Waals surface area contributed by atoms with E-state index in [0.29, 0.717) is 5.92 Å². The van der Waals surface area contributed by atoms with E-state index in [1.54, 1.807) is 12.1 Å². The molecule has 0 heterocycles. The number of alkyl halides is 3. The molecule has 0 bridgehead atoms. The average Bonchev–Trinajstić information content (AvgIpc) is 2.73. The second-order valence-electron chi connectivity index (χ2n) is 9.23. The number of hydrogen-bond acceptors (Lipinski definition) is 1. The fourth-order valence-corrected chi connectivity index (χ4v) is 5.29. The van der Waals surface area contributed by atoms with Crippen molar-refractivity contribution < 1.29 is 17.9 Å². The Hall–Kier alpha value is -1.63. The fourth-order valence-electron chi connectivity index (χ4n) is 5.29. The number of halogens is 3. The number of unbranched alkanes of at least 4 members (excludes halogenated alkanes) is 2. The highest BCUT2D eigenvalue weighted by molar-refractivity contribution is 5.38. The van der Waals surface area contributed by atoms with Gasteiger partial charge >= 0.3 is 6.36 Å². The van der Waals surface area contributed by atoms with E-state index in [2.05, 4.69) is 23.5 Å². The first kappa shape index (κ1) is 23.0. The van der Waals surface area contributed by atoms with Crippen LogP contribution in [0.3, 0.4) is 0 Å². The molecule has 1 aromatic carbocycles.